The highest BCUT2D eigenvalue weighted by molar-refractivity contribution is 5.81. The highest BCUT2D eigenvalue weighted by Gasteiger charge is 2.32. The van der Waals surface area contributed by atoms with Crippen molar-refractivity contribution in [3.05, 3.63) is 0 Å². The van der Waals surface area contributed by atoms with Crippen molar-refractivity contribution >= 4 is 5.91 Å². The van der Waals surface area contributed by atoms with Crippen molar-refractivity contribution in [2.24, 2.45) is 0 Å². The summed E-state index contributed by atoms with van der Waals surface area (Å²) in [6, 6.07) is 0.292. The van der Waals surface area contributed by atoms with Gasteiger partial charge in [0.1, 0.15) is 0 Å². The Bertz CT molecular complexity index is 245. The van der Waals surface area contributed by atoms with Gasteiger partial charge in [-0.15, -0.1) is 0 Å². The molecule has 4 nitrogen and oxygen atoms in total. The molecule has 0 aromatic carbocycles. The van der Waals surface area contributed by atoms with E-state index in [-0.39, 0.29) is 18.1 Å². The molecule has 1 unspecified atom stereocenters. The summed E-state index contributed by atoms with van der Waals surface area (Å²) in [5, 5.41) is 12.3. The van der Waals surface area contributed by atoms with Crippen molar-refractivity contribution in [2.45, 2.75) is 57.2 Å². The van der Waals surface area contributed by atoms with E-state index in [0.717, 1.165) is 12.8 Å². The number of aliphatic hydroxyl groups is 1. The minimum Gasteiger partial charge on any atom is -0.390 e. The molecule has 0 radical (unpaired) electrons. The van der Waals surface area contributed by atoms with Crippen LogP contribution in [-0.4, -0.2) is 47.2 Å². The Labute approximate surface area is 97.0 Å². The van der Waals surface area contributed by atoms with Crippen molar-refractivity contribution < 1.29 is 9.90 Å². The van der Waals surface area contributed by atoms with Crippen LogP contribution < -0.4 is 5.32 Å². The maximum Gasteiger partial charge on any atom is 0.237 e. The number of rotatable bonds is 3. The molecule has 2 rings (SSSR count). The molecule has 1 amide bonds. The second kappa shape index (κ2) is 5.15. The summed E-state index contributed by atoms with van der Waals surface area (Å²) >= 11 is 0. The summed E-state index contributed by atoms with van der Waals surface area (Å²) in [7, 11) is 0. The smallest absolute Gasteiger partial charge is 0.237 e. The fourth-order valence-electron chi connectivity index (χ4n) is 2.54. The van der Waals surface area contributed by atoms with Crippen LogP contribution >= 0.6 is 0 Å². The van der Waals surface area contributed by atoms with Crippen LogP contribution in [0.1, 0.15) is 39.0 Å². The van der Waals surface area contributed by atoms with Crippen LogP contribution in [0.25, 0.3) is 0 Å². The molecule has 92 valence electrons. The van der Waals surface area contributed by atoms with Gasteiger partial charge in [-0.25, -0.2) is 0 Å². The first-order valence-corrected chi connectivity index (χ1v) is 6.39. The summed E-state index contributed by atoms with van der Waals surface area (Å²) < 4.78 is 0. The highest BCUT2D eigenvalue weighted by atomic mass is 16.3. The molecule has 1 aliphatic carbocycles. The van der Waals surface area contributed by atoms with Gasteiger partial charge in [0, 0.05) is 19.1 Å². The number of nitrogens with one attached hydrogen (secondary N) is 1. The lowest BCUT2D eigenvalue weighted by atomic mass is 9.95. The summed E-state index contributed by atoms with van der Waals surface area (Å²) in [6.45, 7) is 3.20. The molecule has 1 saturated heterocycles. The Kier molecular flexibility index (Phi) is 3.82. The normalized spacial score (nSPS) is 26.1. The Morgan fingerprint density at radius 3 is 2.50 bits per heavy atom. The molecule has 16 heavy (non-hydrogen) atoms. The number of amides is 1. The van der Waals surface area contributed by atoms with Crippen LogP contribution in [0.15, 0.2) is 0 Å². The Morgan fingerprint density at radius 1 is 1.31 bits per heavy atom. The quantitative estimate of drug-likeness (QED) is 0.737. The topological polar surface area (TPSA) is 52.6 Å². The summed E-state index contributed by atoms with van der Waals surface area (Å²) in [4.78, 5) is 13.9. The van der Waals surface area contributed by atoms with Gasteiger partial charge in [-0.2, -0.15) is 0 Å². The monoisotopic (exact) mass is 226 g/mol. The van der Waals surface area contributed by atoms with E-state index in [1.165, 1.54) is 19.3 Å². The molecule has 1 saturated carbocycles. The lowest BCUT2D eigenvalue weighted by Gasteiger charge is -2.40. The molecule has 0 bridgehead atoms. The van der Waals surface area contributed by atoms with E-state index in [1.807, 2.05) is 11.8 Å². The molecule has 2 N–H and O–H groups in total. The van der Waals surface area contributed by atoms with E-state index in [1.54, 1.807) is 0 Å². The molecule has 4 heteroatoms. The summed E-state index contributed by atoms with van der Waals surface area (Å²) in [6.07, 6.45) is 5.80. The van der Waals surface area contributed by atoms with Crippen LogP contribution in [0, 0.1) is 0 Å². The number of β-amino-alcohol motifs (C(OH)–C–C–N with tert-alkyl or cyclic N) is 1. The van der Waals surface area contributed by atoms with E-state index >= 15 is 0 Å². The molecule has 0 spiro atoms. The Morgan fingerprint density at radius 2 is 1.94 bits per heavy atom. The molecule has 1 atom stereocenters. The number of likely N-dealkylation sites (tertiary alicyclic amines) is 1. The van der Waals surface area contributed by atoms with Gasteiger partial charge in [-0.05, 0) is 19.8 Å². The van der Waals surface area contributed by atoms with E-state index in [9.17, 15) is 9.90 Å². The minimum atomic E-state index is -0.232. The average molecular weight is 226 g/mol. The largest absolute Gasteiger partial charge is 0.390 e. The average Bonchev–Trinajstić information content (AvgIpc) is 2.25. The summed E-state index contributed by atoms with van der Waals surface area (Å²) in [5.74, 6) is 0.124. The van der Waals surface area contributed by atoms with E-state index < -0.39 is 0 Å². The standard InChI is InChI=1S/C12H22N2O2/c1-9(14-7-11(15)8-14)12(16)13-10-5-3-2-4-6-10/h9-11,15H,2-8H2,1H3,(H,13,16). The molecular weight excluding hydrogens is 204 g/mol. The third-order valence-electron chi connectivity index (χ3n) is 3.77. The van der Waals surface area contributed by atoms with E-state index in [0.29, 0.717) is 19.1 Å². The van der Waals surface area contributed by atoms with Crippen LogP contribution in [0.4, 0.5) is 0 Å². The second-order valence-corrected chi connectivity index (χ2v) is 5.13. The molecule has 0 aromatic rings. The van der Waals surface area contributed by atoms with Gasteiger partial charge in [0.2, 0.25) is 5.91 Å². The minimum absolute atomic E-state index is 0.0923. The fourth-order valence-corrected chi connectivity index (χ4v) is 2.54. The summed E-state index contributed by atoms with van der Waals surface area (Å²) in [5.41, 5.74) is 0. The Balaban J connectivity index is 1.74. The zero-order chi connectivity index (χ0) is 11.5. The molecule has 0 aromatic heterocycles. The van der Waals surface area contributed by atoms with Gasteiger partial charge >= 0.3 is 0 Å². The van der Waals surface area contributed by atoms with Gasteiger partial charge < -0.3 is 10.4 Å². The third-order valence-corrected chi connectivity index (χ3v) is 3.77. The SMILES string of the molecule is CC(C(=O)NC1CCCCC1)N1CC(O)C1. The first kappa shape index (κ1) is 11.9. The molecule has 1 aliphatic heterocycles. The number of aliphatic hydroxyl groups excluding tert-OH is 1. The van der Waals surface area contributed by atoms with Gasteiger partial charge in [0.05, 0.1) is 12.1 Å². The first-order chi connectivity index (χ1) is 7.66. The van der Waals surface area contributed by atoms with Crippen molar-refractivity contribution in [1.29, 1.82) is 0 Å². The molecule has 2 aliphatic rings. The van der Waals surface area contributed by atoms with Crippen LogP contribution in [0.3, 0.4) is 0 Å². The van der Waals surface area contributed by atoms with E-state index in [2.05, 4.69) is 5.32 Å². The lowest BCUT2D eigenvalue weighted by molar-refractivity contribution is -0.131. The number of hydrogen-bond donors (Lipinski definition) is 2. The van der Waals surface area contributed by atoms with Crippen molar-refractivity contribution in [3.63, 3.8) is 0 Å². The number of nitrogens with zero attached hydrogens (tertiary/aromatic N) is 1. The highest BCUT2D eigenvalue weighted by Crippen LogP contribution is 2.18. The Hall–Kier alpha value is -0.610. The van der Waals surface area contributed by atoms with Gasteiger partial charge in [0.25, 0.3) is 0 Å². The van der Waals surface area contributed by atoms with E-state index in [4.69, 9.17) is 0 Å². The van der Waals surface area contributed by atoms with Gasteiger partial charge in [-0.1, -0.05) is 19.3 Å². The fraction of sp³-hybridized carbons (Fsp3) is 0.917. The number of carbonyl (C=O) groups is 1. The first-order valence-electron chi connectivity index (χ1n) is 6.39. The third kappa shape index (κ3) is 2.74. The zero-order valence-electron chi connectivity index (χ0n) is 9.98. The number of carbonyl (C=O) groups excluding carboxylic acids is 1. The van der Waals surface area contributed by atoms with Crippen LogP contribution in [-0.2, 0) is 4.79 Å². The molecule has 1 heterocycles. The predicted octanol–water partition coefficient (Wildman–Crippen LogP) is 0.500. The lowest BCUT2D eigenvalue weighted by Crippen LogP contribution is -2.59. The maximum atomic E-state index is 11.9. The van der Waals surface area contributed by atoms with Gasteiger partial charge in [0.15, 0.2) is 0 Å². The van der Waals surface area contributed by atoms with Crippen molar-refractivity contribution in [1.82, 2.24) is 10.2 Å². The second-order valence-electron chi connectivity index (χ2n) is 5.13. The maximum absolute atomic E-state index is 11.9. The predicted molar refractivity (Wildman–Crippen MR) is 62.1 cm³/mol. The molecule has 2 fully saturated rings. The van der Waals surface area contributed by atoms with Crippen LogP contribution in [0.2, 0.25) is 0 Å². The number of hydrogen-bond acceptors (Lipinski definition) is 3. The van der Waals surface area contributed by atoms with Crippen molar-refractivity contribution in [2.75, 3.05) is 13.1 Å². The van der Waals surface area contributed by atoms with Crippen molar-refractivity contribution in [3.8, 4) is 0 Å². The van der Waals surface area contributed by atoms with Gasteiger partial charge in [-0.3, -0.25) is 9.69 Å². The molecular formula is C12H22N2O2. The van der Waals surface area contributed by atoms with Crippen LogP contribution in [0.5, 0.6) is 0 Å². The zero-order valence-corrected chi connectivity index (χ0v) is 9.98.